The van der Waals surface area contributed by atoms with E-state index in [0.717, 1.165) is 0 Å². The fourth-order valence-electron chi connectivity index (χ4n) is 2.43. The van der Waals surface area contributed by atoms with Crippen molar-refractivity contribution in [2.75, 3.05) is 7.11 Å². The summed E-state index contributed by atoms with van der Waals surface area (Å²) in [7, 11) is 1.39. The Morgan fingerprint density at radius 3 is 2.69 bits per heavy atom. The summed E-state index contributed by atoms with van der Waals surface area (Å²) in [6.07, 6.45) is 4.01. The summed E-state index contributed by atoms with van der Waals surface area (Å²) < 4.78 is 16.2. The molecule has 1 aromatic carbocycles. The van der Waals surface area contributed by atoms with Gasteiger partial charge in [0.1, 0.15) is 18.5 Å². The minimum atomic E-state index is -1.11. The molecule has 0 aliphatic rings. The van der Waals surface area contributed by atoms with Gasteiger partial charge in [0.2, 0.25) is 11.8 Å². The molecule has 2 heterocycles. The molecule has 1 N–H and O–H groups in total. The number of hydrogen-bond acceptors (Lipinski definition) is 7. The number of halogens is 1. The van der Waals surface area contributed by atoms with Crippen molar-refractivity contribution in [3.63, 3.8) is 0 Å². The standard InChI is InChI=1S/C20H16ClN3O5/c1-27-11-15(20(25)26)14-6-3-2-5-13(14)10-28-17-9-18(24-12-23-17)29-16-7-4-8-22-19(16)21/h2-9,11-12H,10H2,1H3,(H,25,26)/b15-11+. The van der Waals surface area contributed by atoms with Crippen LogP contribution in [0.5, 0.6) is 17.5 Å². The first-order valence-electron chi connectivity index (χ1n) is 8.36. The number of methoxy groups -OCH3 is 1. The van der Waals surface area contributed by atoms with Crippen LogP contribution in [-0.2, 0) is 16.1 Å². The zero-order valence-electron chi connectivity index (χ0n) is 15.3. The number of carboxylic acids is 1. The lowest BCUT2D eigenvalue weighted by Gasteiger charge is -2.12. The summed E-state index contributed by atoms with van der Waals surface area (Å²) >= 11 is 5.98. The van der Waals surface area contributed by atoms with Crippen LogP contribution in [0.3, 0.4) is 0 Å². The Bertz CT molecular complexity index is 1040. The van der Waals surface area contributed by atoms with Crippen LogP contribution < -0.4 is 9.47 Å². The number of carboxylic acid groups (broad SMARTS) is 1. The van der Waals surface area contributed by atoms with E-state index in [1.54, 1.807) is 42.6 Å². The maximum absolute atomic E-state index is 11.5. The summed E-state index contributed by atoms with van der Waals surface area (Å²) in [6.45, 7) is 0.0780. The third-order valence-corrected chi connectivity index (χ3v) is 3.99. The third kappa shape index (κ3) is 5.20. The van der Waals surface area contributed by atoms with Crippen LogP contribution in [0.4, 0.5) is 0 Å². The molecule has 9 heteroatoms. The average molecular weight is 414 g/mol. The van der Waals surface area contributed by atoms with E-state index in [-0.39, 0.29) is 29.1 Å². The van der Waals surface area contributed by atoms with Crippen LogP contribution in [0.15, 0.2) is 61.3 Å². The lowest BCUT2D eigenvalue weighted by atomic mass is 10.0. The van der Waals surface area contributed by atoms with Gasteiger partial charge in [-0.15, -0.1) is 0 Å². The van der Waals surface area contributed by atoms with Crippen molar-refractivity contribution in [1.29, 1.82) is 0 Å². The van der Waals surface area contributed by atoms with E-state index >= 15 is 0 Å². The molecule has 148 valence electrons. The van der Waals surface area contributed by atoms with Crippen molar-refractivity contribution in [2.24, 2.45) is 0 Å². The average Bonchev–Trinajstić information content (AvgIpc) is 2.73. The number of carbonyl (C=O) groups is 1. The number of pyridine rings is 1. The van der Waals surface area contributed by atoms with Crippen molar-refractivity contribution in [2.45, 2.75) is 6.61 Å². The Balaban J connectivity index is 1.77. The van der Waals surface area contributed by atoms with E-state index in [9.17, 15) is 9.90 Å². The maximum atomic E-state index is 11.5. The number of rotatable bonds is 8. The summed E-state index contributed by atoms with van der Waals surface area (Å²) in [5.74, 6) is -0.286. The molecule has 0 saturated heterocycles. The zero-order valence-corrected chi connectivity index (χ0v) is 16.0. The molecule has 3 aromatic rings. The fraction of sp³-hybridized carbons (Fsp3) is 0.100. The van der Waals surface area contributed by atoms with Gasteiger partial charge in [0.05, 0.1) is 19.4 Å². The molecule has 0 aliphatic heterocycles. The number of ether oxygens (including phenoxy) is 3. The largest absolute Gasteiger partial charge is 0.503 e. The minimum absolute atomic E-state index is 0.0182. The molecular formula is C20H16ClN3O5. The molecule has 0 bridgehead atoms. The van der Waals surface area contributed by atoms with Crippen molar-refractivity contribution in [3.8, 4) is 17.5 Å². The lowest BCUT2D eigenvalue weighted by Crippen LogP contribution is -2.06. The third-order valence-electron chi connectivity index (χ3n) is 3.71. The predicted octanol–water partition coefficient (Wildman–Crippen LogP) is 3.97. The molecule has 0 amide bonds. The lowest BCUT2D eigenvalue weighted by molar-refractivity contribution is -0.130. The molecule has 0 atom stereocenters. The second-order valence-corrected chi connectivity index (χ2v) is 5.97. The fourth-order valence-corrected chi connectivity index (χ4v) is 2.58. The first-order valence-corrected chi connectivity index (χ1v) is 8.74. The van der Waals surface area contributed by atoms with E-state index in [2.05, 4.69) is 15.0 Å². The topological polar surface area (TPSA) is 104 Å². The first-order chi connectivity index (χ1) is 14.1. The van der Waals surface area contributed by atoms with Gasteiger partial charge in [-0.05, 0) is 23.3 Å². The first kappa shape index (κ1) is 20.1. The molecule has 0 aliphatic carbocycles. The van der Waals surface area contributed by atoms with Crippen LogP contribution in [0.2, 0.25) is 5.15 Å². The number of aromatic nitrogens is 3. The van der Waals surface area contributed by atoms with Gasteiger partial charge in [-0.3, -0.25) is 0 Å². The summed E-state index contributed by atoms with van der Waals surface area (Å²) in [4.78, 5) is 23.5. The molecular weight excluding hydrogens is 398 g/mol. The van der Waals surface area contributed by atoms with Crippen molar-refractivity contribution in [3.05, 3.63) is 77.5 Å². The van der Waals surface area contributed by atoms with Gasteiger partial charge in [-0.1, -0.05) is 35.9 Å². The highest BCUT2D eigenvalue weighted by Crippen LogP contribution is 2.27. The van der Waals surface area contributed by atoms with Gasteiger partial charge >= 0.3 is 5.97 Å². The van der Waals surface area contributed by atoms with Crippen molar-refractivity contribution >= 4 is 23.1 Å². The Hall–Kier alpha value is -3.65. The molecule has 8 nitrogen and oxygen atoms in total. The maximum Gasteiger partial charge on any atom is 0.339 e. The van der Waals surface area contributed by atoms with E-state index in [1.165, 1.54) is 25.8 Å². The van der Waals surface area contributed by atoms with Gasteiger partial charge in [-0.2, -0.15) is 0 Å². The summed E-state index contributed by atoms with van der Waals surface area (Å²) in [5.41, 5.74) is 1.15. The molecule has 0 spiro atoms. The molecule has 0 unspecified atom stereocenters. The van der Waals surface area contributed by atoms with E-state index in [4.69, 9.17) is 25.8 Å². The number of nitrogens with zero attached hydrogens (tertiary/aromatic N) is 3. The second-order valence-electron chi connectivity index (χ2n) is 5.61. The van der Waals surface area contributed by atoms with Crippen molar-refractivity contribution in [1.82, 2.24) is 15.0 Å². The molecule has 3 rings (SSSR count). The van der Waals surface area contributed by atoms with E-state index in [0.29, 0.717) is 16.9 Å². The van der Waals surface area contributed by atoms with Crippen LogP contribution in [0.25, 0.3) is 5.57 Å². The van der Waals surface area contributed by atoms with Crippen LogP contribution in [-0.4, -0.2) is 33.1 Å². The Morgan fingerprint density at radius 1 is 1.14 bits per heavy atom. The highest BCUT2D eigenvalue weighted by atomic mass is 35.5. The molecule has 29 heavy (non-hydrogen) atoms. The molecule has 0 saturated carbocycles. The Kier molecular flexibility index (Phi) is 6.59. The Morgan fingerprint density at radius 2 is 1.93 bits per heavy atom. The van der Waals surface area contributed by atoms with Gasteiger partial charge in [-0.25, -0.2) is 19.7 Å². The van der Waals surface area contributed by atoms with Crippen molar-refractivity contribution < 1.29 is 24.1 Å². The highest BCUT2D eigenvalue weighted by molar-refractivity contribution is 6.30. The number of hydrogen-bond donors (Lipinski definition) is 1. The van der Waals surface area contributed by atoms with Gasteiger partial charge in [0, 0.05) is 6.20 Å². The zero-order chi connectivity index (χ0) is 20.6. The molecule has 2 aromatic heterocycles. The second kappa shape index (κ2) is 9.52. The van der Waals surface area contributed by atoms with Gasteiger partial charge in [0.15, 0.2) is 10.9 Å². The van der Waals surface area contributed by atoms with Crippen LogP contribution >= 0.6 is 11.6 Å². The normalized spacial score (nSPS) is 11.0. The Labute approximate surface area is 171 Å². The quantitative estimate of drug-likeness (QED) is 0.336. The SMILES string of the molecule is CO/C=C(/C(=O)O)c1ccccc1COc1cc(Oc2cccnc2Cl)ncn1. The van der Waals surface area contributed by atoms with Gasteiger partial charge in [0.25, 0.3) is 0 Å². The van der Waals surface area contributed by atoms with Gasteiger partial charge < -0.3 is 19.3 Å². The highest BCUT2D eigenvalue weighted by Gasteiger charge is 2.15. The van der Waals surface area contributed by atoms with E-state index < -0.39 is 5.97 Å². The smallest absolute Gasteiger partial charge is 0.339 e. The minimum Gasteiger partial charge on any atom is -0.503 e. The number of aliphatic carboxylic acids is 1. The molecule has 0 fully saturated rings. The number of benzene rings is 1. The van der Waals surface area contributed by atoms with E-state index in [1.807, 2.05) is 0 Å². The van der Waals surface area contributed by atoms with Crippen LogP contribution in [0, 0.1) is 0 Å². The summed E-state index contributed by atoms with van der Waals surface area (Å²) in [5, 5.41) is 9.63. The molecule has 0 radical (unpaired) electrons. The predicted molar refractivity (Wildman–Crippen MR) is 105 cm³/mol. The van der Waals surface area contributed by atoms with Crippen LogP contribution in [0.1, 0.15) is 11.1 Å². The summed E-state index contributed by atoms with van der Waals surface area (Å²) in [6, 6.07) is 11.8. The monoisotopic (exact) mass is 413 g/mol.